The minimum absolute atomic E-state index is 0.451. The van der Waals surface area contributed by atoms with Crippen LogP contribution in [-0.2, 0) is 0 Å². The Bertz CT molecular complexity index is 2390. The van der Waals surface area contributed by atoms with Crippen LogP contribution in [0.2, 0.25) is 0 Å². The van der Waals surface area contributed by atoms with Crippen LogP contribution in [0, 0.1) is 24.8 Å². The zero-order valence-corrected chi connectivity index (χ0v) is 23.3. The van der Waals surface area contributed by atoms with E-state index in [1.54, 1.807) is 0 Å². The van der Waals surface area contributed by atoms with E-state index in [2.05, 4.69) is 45.8 Å². The summed E-state index contributed by atoms with van der Waals surface area (Å²) < 4.78 is 8.43. The van der Waals surface area contributed by atoms with Crippen LogP contribution in [0.1, 0.15) is 11.1 Å². The summed E-state index contributed by atoms with van der Waals surface area (Å²) in [5.74, 6) is 0. The van der Waals surface area contributed by atoms with Crippen molar-refractivity contribution in [2.75, 3.05) is 0 Å². The van der Waals surface area contributed by atoms with Gasteiger partial charge in [-0.25, -0.2) is 4.85 Å². The second kappa shape index (κ2) is 9.48. The molecule has 0 fully saturated rings. The van der Waals surface area contributed by atoms with Crippen LogP contribution in [0.5, 0.6) is 0 Å². The van der Waals surface area contributed by atoms with Crippen molar-refractivity contribution in [1.82, 2.24) is 4.57 Å². The highest BCUT2D eigenvalue weighted by molar-refractivity contribution is 6.18. The highest BCUT2D eigenvalue weighted by Gasteiger charge is 2.27. The summed E-state index contributed by atoms with van der Waals surface area (Å²) >= 11 is 0. The van der Waals surface area contributed by atoms with E-state index >= 15 is 0 Å². The third kappa shape index (κ3) is 3.54. The smallest absolute Gasteiger partial charge is 0.219 e. The van der Waals surface area contributed by atoms with Crippen molar-refractivity contribution in [3.8, 4) is 34.0 Å². The molecular weight excluding hydrogens is 526 g/mol. The molecule has 0 aliphatic carbocycles. The first-order chi connectivity index (χ1) is 21.2. The van der Waals surface area contributed by atoms with Gasteiger partial charge in [0.25, 0.3) is 0 Å². The van der Waals surface area contributed by atoms with Crippen LogP contribution in [0.25, 0.3) is 76.5 Å². The Hall–Kier alpha value is -6.10. The zero-order chi connectivity index (χ0) is 29.1. The third-order valence-electron chi connectivity index (χ3n) is 8.44. The van der Waals surface area contributed by atoms with Crippen molar-refractivity contribution >= 4 is 49.4 Å². The number of fused-ring (bicyclic) bond motifs is 6. The van der Waals surface area contributed by atoms with Gasteiger partial charge >= 0.3 is 0 Å². The highest BCUT2D eigenvalue weighted by atomic mass is 16.3. The largest absolute Gasteiger partial charge is 0.456 e. The molecule has 0 bridgehead atoms. The minimum atomic E-state index is 0.451. The number of nitrogens with zero attached hydrogens (tertiary/aromatic N) is 3. The van der Waals surface area contributed by atoms with Crippen LogP contribution in [-0.4, -0.2) is 4.57 Å². The monoisotopic (exact) mass is 549 g/mol. The zero-order valence-electron chi connectivity index (χ0n) is 23.3. The van der Waals surface area contributed by atoms with Crippen molar-refractivity contribution < 1.29 is 4.42 Å². The maximum atomic E-state index is 10.9. The van der Waals surface area contributed by atoms with E-state index in [1.165, 1.54) is 0 Å². The molecule has 0 radical (unpaired) electrons. The van der Waals surface area contributed by atoms with Gasteiger partial charge in [-0.15, -0.1) is 0 Å². The Morgan fingerprint density at radius 1 is 0.651 bits per heavy atom. The summed E-state index contributed by atoms with van der Waals surface area (Å²) in [6.45, 7) is 10.5. The van der Waals surface area contributed by atoms with E-state index in [1.807, 2.05) is 97.9 Å². The van der Waals surface area contributed by atoms with Gasteiger partial charge in [-0.3, -0.25) is 0 Å². The van der Waals surface area contributed by atoms with Gasteiger partial charge < -0.3 is 8.98 Å². The summed E-state index contributed by atoms with van der Waals surface area (Å²) in [4.78, 5) is 4.17. The molecule has 2 aromatic heterocycles. The first kappa shape index (κ1) is 24.7. The molecule has 0 atom stereocenters. The molecule has 0 unspecified atom stereocenters. The molecule has 200 valence electrons. The van der Waals surface area contributed by atoms with Crippen molar-refractivity contribution in [2.24, 2.45) is 0 Å². The molecule has 4 nitrogen and oxygen atoms in total. The number of benzene rings is 6. The predicted molar refractivity (Wildman–Crippen MR) is 175 cm³/mol. The van der Waals surface area contributed by atoms with Crippen LogP contribution in [0.15, 0.2) is 126 Å². The number of hydrogen-bond acceptors (Lipinski definition) is 2. The minimum Gasteiger partial charge on any atom is -0.456 e. The van der Waals surface area contributed by atoms with Gasteiger partial charge in [-0.05, 0) is 47.4 Å². The van der Waals surface area contributed by atoms with Crippen LogP contribution in [0.3, 0.4) is 0 Å². The number of para-hydroxylation sites is 2. The Morgan fingerprint density at radius 2 is 1.28 bits per heavy atom. The topological polar surface area (TPSA) is 46.2 Å². The molecule has 6 aromatic carbocycles. The summed E-state index contributed by atoms with van der Waals surface area (Å²) in [6.07, 6.45) is 0. The first-order valence-electron chi connectivity index (χ1n) is 14.1. The van der Waals surface area contributed by atoms with Crippen LogP contribution >= 0.6 is 0 Å². The Labute approximate surface area is 248 Å². The number of rotatable bonds is 3. The van der Waals surface area contributed by atoms with E-state index < -0.39 is 0 Å². The fourth-order valence-electron chi connectivity index (χ4n) is 6.63. The molecule has 0 amide bonds. The molecule has 8 aromatic rings. The van der Waals surface area contributed by atoms with Crippen LogP contribution < -0.4 is 0 Å². The standard InChI is InChI=1S/C39H23N3O/c1-24-36(25-13-5-3-6-14-25)31(23-40)39(38(41-2)37(24)26-15-7-4-8-16-26)42-32-19-11-9-17-27(32)29-21-30-28-18-10-12-20-34(28)43-35(30)22-33(29)42/h3-22H,1H3. The van der Waals surface area contributed by atoms with E-state index in [0.29, 0.717) is 16.9 Å². The van der Waals surface area contributed by atoms with Crippen molar-refractivity contribution in [3.05, 3.63) is 144 Å². The molecule has 0 saturated carbocycles. The Kier molecular flexibility index (Phi) is 5.44. The average molecular weight is 550 g/mol. The second-order valence-corrected chi connectivity index (χ2v) is 10.7. The first-order valence-corrected chi connectivity index (χ1v) is 14.1. The SMILES string of the molecule is [C-]#[N+]c1c(-c2ccccc2)c(C)c(-c2ccccc2)c(C#N)c1-n1c2ccccc2c2cc3c(cc21)oc1ccccc13. The highest BCUT2D eigenvalue weighted by Crippen LogP contribution is 2.49. The normalized spacial score (nSPS) is 11.3. The van der Waals surface area contributed by atoms with E-state index in [-0.39, 0.29) is 0 Å². The van der Waals surface area contributed by atoms with Crippen molar-refractivity contribution in [3.63, 3.8) is 0 Å². The van der Waals surface area contributed by atoms with Gasteiger partial charge in [-0.1, -0.05) is 97.1 Å². The number of hydrogen-bond donors (Lipinski definition) is 0. The lowest BCUT2D eigenvalue weighted by Crippen LogP contribution is -2.04. The van der Waals surface area contributed by atoms with Gasteiger partial charge in [0.05, 0.1) is 28.9 Å². The quantitative estimate of drug-likeness (QED) is 0.206. The molecule has 8 rings (SSSR count). The Balaban J connectivity index is 1.61. The number of aromatic nitrogens is 1. The summed E-state index contributed by atoms with van der Waals surface area (Å²) in [5.41, 5.74) is 9.36. The van der Waals surface area contributed by atoms with Gasteiger partial charge in [0.15, 0.2) is 0 Å². The fraction of sp³-hybridized carbons (Fsp3) is 0.0256. The summed E-state index contributed by atoms with van der Waals surface area (Å²) in [7, 11) is 0. The van der Waals surface area contributed by atoms with Gasteiger partial charge in [0.1, 0.15) is 17.2 Å². The summed E-state index contributed by atoms with van der Waals surface area (Å²) in [5, 5.41) is 15.1. The second-order valence-electron chi connectivity index (χ2n) is 10.7. The molecule has 0 aliphatic rings. The van der Waals surface area contributed by atoms with Crippen molar-refractivity contribution in [2.45, 2.75) is 6.92 Å². The van der Waals surface area contributed by atoms with E-state index in [0.717, 1.165) is 71.6 Å². The number of nitriles is 1. The molecule has 0 spiro atoms. The van der Waals surface area contributed by atoms with Crippen molar-refractivity contribution in [1.29, 1.82) is 5.26 Å². The van der Waals surface area contributed by atoms with Gasteiger partial charge in [0, 0.05) is 33.2 Å². The lowest BCUT2D eigenvalue weighted by molar-refractivity contribution is 0.669. The van der Waals surface area contributed by atoms with E-state index in [9.17, 15) is 5.26 Å². The molecule has 4 heteroatoms. The maximum Gasteiger partial charge on any atom is 0.219 e. The van der Waals surface area contributed by atoms with Gasteiger partial charge in [0.2, 0.25) is 5.69 Å². The van der Waals surface area contributed by atoms with E-state index in [4.69, 9.17) is 11.0 Å². The lowest BCUT2D eigenvalue weighted by atomic mass is 9.86. The maximum absolute atomic E-state index is 10.9. The third-order valence-corrected chi connectivity index (χ3v) is 8.44. The number of furan rings is 1. The van der Waals surface area contributed by atoms with Crippen LogP contribution in [0.4, 0.5) is 5.69 Å². The molecule has 2 heterocycles. The molecule has 0 saturated heterocycles. The fourth-order valence-corrected chi connectivity index (χ4v) is 6.63. The summed E-state index contributed by atoms with van der Waals surface area (Å²) in [6, 6.07) is 43.1. The lowest BCUT2D eigenvalue weighted by Gasteiger charge is -2.22. The predicted octanol–water partition coefficient (Wildman–Crippen LogP) is 10.7. The average Bonchev–Trinajstić information content (AvgIpc) is 3.58. The van der Waals surface area contributed by atoms with Gasteiger partial charge in [-0.2, -0.15) is 5.26 Å². The molecular formula is C39H23N3O. The molecule has 0 N–H and O–H groups in total. The molecule has 43 heavy (non-hydrogen) atoms. The Morgan fingerprint density at radius 3 is 1.98 bits per heavy atom. The molecule has 0 aliphatic heterocycles.